The van der Waals surface area contributed by atoms with E-state index in [0.29, 0.717) is 32.1 Å². The Morgan fingerprint density at radius 3 is 2.68 bits per heavy atom. The Morgan fingerprint density at radius 1 is 1.43 bits per heavy atom. The third kappa shape index (κ3) is 2.28. The standard InChI is InChI=1S/C22H28N2O4/c1-15-7-13-22(24-5)19(2,18(26)27)10-6-11-20(22,3)21(15,23-4)12-8-16-9-14-28-17(16)25/h5,9,14,16H,1,4,6-8,10-13H2,2-3H3/p+1/t16?,19-,20-,21-,22-/m1/s1. The van der Waals surface area contributed by atoms with Gasteiger partial charge in [0.2, 0.25) is 0 Å². The van der Waals surface area contributed by atoms with Crippen molar-refractivity contribution < 1.29 is 19.4 Å². The molecule has 3 rings (SSSR count). The molecule has 0 aromatic heterocycles. The van der Waals surface area contributed by atoms with Crippen LogP contribution in [0.4, 0.5) is 0 Å². The summed E-state index contributed by atoms with van der Waals surface area (Å²) in [5, 5.41) is 10.1. The molecule has 2 saturated carbocycles. The van der Waals surface area contributed by atoms with Crippen LogP contribution in [0.2, 0.25) is 0 Å². The molecule has 0 bridgehead atoms. The van der Waals surface area contributed by atoms with Gasteiger partial charge in [-0.05, 0) is 64.3 Å². The Kier molecular flexibility index (Phi) is 4.77. The van der Waals surface area contributed by atoms with Gasteiger partial charge in [0.05, 0.1) is 23.1 Å². The number of ether oxygens (including phenoxy) is 1. The number of nitrogens with zero attached hydrogens (tertiary/aromatic N) is 2. The molecule has 2 fully saturated rings. The number of esters is 1. The third-order valence-electron chi connectivity index (χ3n) is 8.04. The number of aliphatic carboxylic acids is 1. The lowest BCUT2D eigenvalue weighted by Crippen LogP contribution is -2.70. The molecule has 28 heavy (non-hydrogen) atoms. The molecule has 0 radical (unpaired) electrons. The number of fused-ring (bicyclic) bond motifs is 1. The van der Waals surface area contributed by atoms with Crippen LogP contribution >= 0.6 is 0 Å². The van der Waals surface area contributed by atoms with Gasteiger partial charge in [0, 0.05) is 6.42 Å². The van der Waals surface area contributed by atoms with Gasteiger partial charge in [-0.25, -0.2) is 0 Å². The van der Waals surface area contributed by atoms with Crippen molar-refractivity contribution in [2.24, 2.45) is 21.7 Å². The molecule has 1 aliphatic heterocycles. The molecule has 1 N–H and O–H groups in total. The van der Waals surface area contributed by atoms with Crippen molar-refractivity contribution in [3.8, 4) is 6.57 Å². The maximum absolute atomic E-state index is 12.4. The van der Waals surface area contributed by atoms with Gasteiger partial charge >= 0.3 is 17.5 Å². The minimum atomic E-state index is -1.10. The molecule has 0 amide bonds. The van der Waals surface area contributed by atoms with E-state index < -0.39 is 27.9 Å². The predicted octanol–water partition coefficient (Wildman–Crippen LogP) is 4.23. The minimum Gasteiger partial charge on any atom is -0.481 e. The Bertz CT molecular complexity index is 812. The smallest absolute Gasteiger partial charge is 0.317 e. The number of rotatable bonds is 5. The molecule has 1 heterocycles. The fourth-order valence-corrected chi connectivity index (χ4v) is 6.24. The Morgan fingerprint density at radius 2 is 2.14 bits per heavy atom. The monoisotopic (exact) mass is 385 g/mol. The molecule has 5 atom stereocenters. The Labute approximate surface area is 166 Å². The first-order chi connectivity index (χ1) is 13.1. The number of carbonyl (C=O) groups is 2. The van der Waals surface area contributed by atoms with Crippen molar-refractivity contribution in [2.45, 2.75) is 69.9 Å². The van der Waals surface area contributed by atoms with Gasteiger partial charge in [0.1, 0.15) is 5.41 Å². The molecule has 0 aromatic carbocycles. The molecule has 6 heteroatoms. The van der Waals surface area contributed by atoms with Crippen LogP contribution in [0.1, 0.15) is 58.8 Å². The molecule has 6 nitrogen and oxygen atoms in total. The van der Waals surface area contributed by atoms with Gasteiger partial charge in [-0.2, -0.15) is 0 Å². The van der Waals surface area contributed by atoms with Crippen LogP contribution in [0.3, 0.4) is 0 Å². The van der Waals surface area contributed by atoms with Crippen LogP contribution < -0.4 is 0 Å². The Balaban J connectivity index is 2.11. The molecular weight excluding hydrogens is 356 g/mol. The predicted molar refractivity (Wildman–Crippen MR) is 107 cm³/mol. The van der Waals surface area contributed by atoms with Crippen LogP contribution in [0, 0.1) is 23.3 Å². The molecule has 2 aliphatic carbocycles. The van der Waals surface area contributed by atoms with Crippen LogP contribution in [-0.2, 0) is 14.3 Å². The number of carboxylic acids is 1. The third-order valence-corrected chi connectivity index (χ3v) is 8.04. The highest BCUT2D eigenvalue weighted by Gasteiger charge is 2.79. The summed E-state index contributed by atoms with van der Waals surface area (Å²) in [6, 6.07) is 0. The van der Waals surface area contributed by atoms with Crippen molar-refractivity contribution in [3.05, 3.63) is 29.3 Å². The van der Waals surface area contributed by atoms with Crippen molar-refractivity contribution in [1.82, 2.24) is 0 Å². The van der Waals surface area contributed by atoms with Gasteiger partial charge < -0.3 is 9.84 Å². The van der Waals surface area contributed by atoms with E-state index in [4.69, 9.17) is 11.3 Å². The number of hydrogen-bond acceptors (Lipinski definition) is 4. The quantitative estimate of drug-likeness (QED) is 0.436. The summed E-state index contributed by atoms with van der Waals surface area (Å²) in [6.45, 7) is 18.0. The summed E-state index contributed by atoms with van der Waals surface area (Å²) < 4.78 is 4.93. The molecule has 0 aromatic rings. The van der Waals surface area contributed by atoms with Gasteiger partial charge in [-0.3, -0.25) is 14.6 Å². The van der Waals surface area contributed by atoms with E-state index in [1.807, 2.05) is 6.92 Å². The minimum absolute atomic E-state index is 0.278. The van der Waals surface area contributed by atoms with Crippen LogP contribution in [0.5, 0.6) is 0 Å². The molecule has 150 valence electrons. The second kappa shape index (κ2) is 6.58. The van der Waals surface area contributed by atoms with Crippen molar-refractivity contribution >= 4 is 18.7 Å². The van der Waals surface area contributed by atoms with Crippen molar-refractivity contribution in [3.63, 3.8) is 0 Å². The number of aliphatic imine (C=N–C) groups is 1. The van der Waals surface area contributed by atoms with E-state index >= 15 is 0 Å². The average molecular weight is 385 g/mol. The van der Waals surface area contributed by atoms with E-state index in [1.165, 1.54) is 6.26 Å². The largest absolute Gasteiger partial charge is 0.481 e. The zero-order valence-corrected chi connectivity index (χ0v) is 16.7. The number of hydrogen-bond donors (Lipinski definition) is 1. The second-order valence-corrected chi connectivity index (χ2v) is 8.84. The van der Waals surface area contributed by atoms with Gasteiger partial charge in [-0.1, -0.05) is 17.8 Å². The van der Waals surface area contributed by atoms with Crippen LogP contribution in [0.15, 0.2) is 29.5 Å². The maximum Gasteiger partial charge on any atom is 0.317 e. The summed E-state index contributed by atoms with van der Waals surface area (Å²) in [4.78, 5) is 33.2. The summed E-state index contributed by atoms with van der Waals surface area (Å²) in [6.07, 6.45) is 7.25. The second-order valence-electron chi connectivity index (χ2n) is 8.84. The van der Waals surface area contributed by atoms with Gasteiger partial charge in [0.15, 0.2) is 0 Å². The van der Waals surface area contributed by atoms with E-state index in [2.05, 4.69) is 23.1 Å². The zero-order chi connectivity index (χ0) is 20.8. The van der Waals surface area contributed by atoms with Gasteiger partial charge in [0.25, 0.3) is 6.57 Å². The summed E-state index contributed by atoms with van der Waals surface area (Å²) in [5.74, 6) is -1.50. The van der Waals surface area contributed by atoms with Crippen molar-refractivity contribution in [1.29, 1.82) is 0 Å². The molecule has 0 saturated heterocycles. The number of carboxylic acid groups (broad SMARTS) is 1. The van der Waals surface area contributed by atoms with E-state index in [0.717, 1.165) is 18.4 Å². The maximum atomic E-state index is 12.4. The normalized spacial score (nSPS) is 42.4. The lowest BCUT2D eigenvalue weighted by Gasteiger charge is -2.60. The molecular formula is C22H29N2O4+. The number of carbonyl (C=O) groups excluding carboxylic acids is 1. The summed E-state index contributed by atoms with van der Waals surface area (Å²) in [7, 11) is 0. The van der Waals surface area contributed by atoms with Crippen molar-refractivity contribution in [2.75, 3.05) is 0 Å². The number of cyclic esters (lactones) is 1. The first-order valence-corrected chi connectivity index (χ1v) is 9.83. The molecule has 1 unspecified atom stereocenters. The highest BCUT2D eigenvalue weighted by Crippen LogP contribution is 2.68. The fourth-order valence-electron chi connectivity index (χ4n) is 6.24. The van der Waals surface area contributed by atoms with E-state index in [1.54, 1.807) is 13.0 Å². The van der Waals surface area contributed by atoms with Crippen LogP contribution in [-0.4, -0.2) is 34.8 Å². The average Bonchev–Trinajstić information content (AvgIpc) is 3.07. The lowest BCUT2D eigenvalue weighted by atomic mass is 9.40. The Hall–Kier alpha value is -2.42. The fraction of sp³-hybridized carbons (Fsp3) is 0.636. The first-order valence-electron chi connectivity index (χ1n) is 9.83. The van der Waals surface area contributed by atoms with E-state index in [9.17, 15) is 14.7 Å². The van der Waals surface area contributed by atoms with Crippen LogP contribution in [0.25, 0.3) is 4.85 Å². The molecule has 3 aliphatic rings. The lowest BCUT2D eigenvalue weighted by molar-refractivity contribution is -0.164. The first kappa shape index (κ1) is 20.3. The zero-order valence-electron chi connectivity index (χ0n) is 16.7. The highest BCUT2D eigenvalue weighted by molar-refractivity contribution is 5.78. The summed E-state index contributed by atoms with van der Waals surface area (Å²) >= 11 is 0. The molecule has 0 spiro atoms. The van der Waals surface area contributed by atoms with E-state index in [-0.39, 0.29) is 11.9 Å². The van der Waals surface area contributed by atoms with Gasteiger partial charge in [-0.15, -0.1) is 0 Å². The summed E-state index contributed by atoms with van der Waals surface area (Å²) in [5.41, 5.74) is -2.64. The SMILES string of the molecule is C#[N+][C@@]12CCC(=C)[C@@](CCC3C=COC3=O)(N=C)[C@@]1(C)CCC[C@]2(C)C(=O)O. The highest BCUT2D eigenvalue weighted by atomic mass is 16.5. The topological polar surface area (TPSA) is 80.3 Å².